The van der Waals surface area contributed by atoms with Crippen molar-refractivity contribution in [3.63, 3.8) is 0 Å². The highest BCUT2D eigenvalue weighted by Crippen LogP contribution is 2.32. The number of hydrogen-bond donors (Lipinski definition) is 2. The average molecular weight is 482 g/mol. The molecule has 0 unspecified atom stereocenters. The van der Waals surface area contributed by atoms with Crippen molar-refractivity contribution in [2.75, 3.05) is 32.8 Å². The Morgan fingerprint density at radius 3 is 1.77 bits per heavy atom. The first kappa shape index (κ1) is 26.1. The normalized spacial score (nSPS) is 16.5. The number of carbonyl (C=O) groups excluding carboxylic acids is 1. The maximum atomic E-state index is 12.3. The Morgan fingerprint density at radius 1 is 0.829 bits per heavy atom. The predicted molar refractivity (Wildman–Crippen MR) is 130 cm³/mol. The van der Waals surface area contributed by atoms with E-state index in [1.54, 1.807) is 0 Å². The molecular formula is C27H31NO7. The molecule has 2 heterocycles. The molecule has 2 aliphatic heterocycles. The standard InChI is InChI=1S/C25H29NO3.C2H2O4/c27-24(29-23-13-17-28-18-14-23)19-26-15-11-22(12-16-26)25(20-7-3-1-4-8-20)21-9-5-2-6-10-21;3-1(4)2(5)6/h1-10,23H,11-19H2;(H,3,4)(H,5,6). The van der Waals surface area contributed by atoms with Gasteiger partial charge >= 0.3 is 17.9 Å². The van der Waals surface area contributed by atoms with E-state index >= 15 is 0 Å². The number of benzene rings is 2. The fourth-order valence-electron chi connectivity index (χ4n) is 4.22. The minimum atomic E-state index is -1.82. The smallest absolute Gasteiger partial charge is 0.414 e. The molecule has 2 N–H and O–H groups in total. The van der Waals surface area contributed by atoms with E-state index in [9.17, 15) is 4.79 Å². The van der Waals surface area contributed by atoms with Gasteiger partial charge in [-0.1, -0.05) is 66.2 Å². The third kappa shape index (κ3) is 8.35. The van der Waals surface area contributed by atoms with Gasteiger partial charge in [-0.15, -0.1) is 0 Å². The first-order chi connectivity index (χ1) is 16.9. The zero-order valence-electron chi connectivity index (χ0n) is 19.6. The maximum Gasteiger partial charge on any atom is 0.414 e. The Balaban J connectivity index is 0.000000509. The summed E-state index contributed by atoms with van der Waals surface area (Å²) >= 11 is 0. The molecule has 0 spiro atoms. The molecule has 2 aromatic rings. The van der Waals surface area contributed by atoms with Gasteiger partial charge in [-0.05, 0) is 29.5 Å². The van der Waals surface area contributed by atoms with Gasteiger partial charge in [0.25, 0.3) is 0 Å². The monoisotopic (exact) mass is 481 g/mol. The van der Waals surface area contributed by atoms with Crippen LogP contribution in [0.2, 0.25) is 0 Å². The van der Waals surface area contributed by atoms with Crippen LogP contribution in [0, 0.1) is 0 Å². The van der Waals surface area contributed by atoms with E-state index in [0.29, 0.717) is 19.8 Å². The molecular weight excluding hydrogens is 450 g/mol. The first-order valence-electron chi connectivity index (χ1n) is 11.7. The van der Waals surface area contributed by atoms with E-state index in [1.165, 1.54) is 22.3 Å². The lowest BCUT2D eigenvalue weighted by atomic mass is 9.88. The third-order valence-corrected chi connectivity index (χ3v) is 5.94. The van der Waals surface area contributed by atoms with E-state index < -0.39 is 11.9 Å². The summed E-state index contributed by atoms with van der Waals surface area (Å²) in [6, 6.07) is 21.3. The fourth-order valence-corrected chi connectivity index (χ4v) is 4.22. The van der Waals surface area contributed by atoms with Crippen LogP contribution < -0.4 is 0 Å². The van der Waals surface area contributed by atoms with Gasteiger partial charge in [-0.25, -0.2) is 9.59 Å². The van der Waals surface area contributed by atoms with Crippen molar-refractivity contribution in [2.45, 2.75) is 31.8 Å². The molecule has 8 nitrogen and oxygen atoms in total. The van der Waals surface area contributed by atoms with Crippen LogP contribution in [-0.4, -0.2) is 72.0 Å². The van der Waals surface area contributed by atoms with Crippen LogP contribution in [0.1, 0.15) is 36.8 Å². The van der Waals surface area contributed by atoms with Crippen molar-refractivity contribution in [2.24, 2.45) is 0 Å². The molecule has 0 bridgehead atoms. The zero-order chi connectivity index (χ0) is 25.0. The van der Waals surface area contributed by atoms with E-state index in [1.807, 2.05) is 0 Å². The molecule has 35 heavy (non-hydrogen) atoms. The van der Waals surface area contributed by atoms with Crippen LogP contribution in [0.25, 0.3) is 5.57 Å². The van der Waals surface area contributed by atoms with E-state index in [-0.39, 0.29) is 12.1 Å². The van der Waals surface area contributed by atoms with Crippen LogP contribution in [0.15, 0.2) is 66.2 Å². The second-order valence-corrected chi connectivity index (χ2v) is 8.40. The molecule has 8 heteroatoms. The Labute approximate surface area is 204 Å². The van der Waals surface area contributed by atoms with Crippen molar-refractivity contribution in [3.8, 4) is 0 Å². The highest BCUT2D eigenvalue weighted by molar-refractivity contribution is 6.27. The molecule has 4 rings (SSSR count). The summed E-state index contributed by atoms with van der Waals surface area (Å²) in [4.78, 5) is 32.7. The van der Waals surface area contributed by atoms with Crippen LogP contribution in [0.3, 0.4) is 0 Å². The van der Waals surface area contributed by atoms with E-state index in [2.05, 4.69) is 65.6 Å². The number of nitrogens with zero attached hydrogens (tertiary/aromatic N) is 1. The summed E-state index contributed by atoms with van der Waals surface area (Å²) in [5.74, 6) is -3.75. The lowest BCUT2D eigenvalue weighted by Gasteiger charge is -2.30. The highest BCUT2D eigenvalue weighted by Gasteiger charge is 2.23. The van der Waals surface area contributed by atoms with Gasteiger partial charge < -0.3 is 19.7 Å². The highest BCUT2D eigenvalue weighted by atomic mass is 16.6. The van der Waals surface area contributed by atoms with Crippen molar-refractivity contribution in [1.82, 2.24) is 4.90 Å². The molecule has 2 fully saturated rings. The quantitative estimate of drug-likeness (QED) is 0.493. The fraction of sp³-hybridized carbons (Fsp3) is 0.370. The predicted octanol–water partition coefficient (Wildman–Crippen LogP) is 3.46. The molecule has 2 saturated heterocycles. The summed E-state index contributed by atoms with van der Waals surface area (Å²) < 4.78 is 11.0. The molecule has 2 aliphatic rings. The van der Waals surface area contributed by atoms with Gasteiger partial charge in [-0.2, -0.15) is 0 Å². The number of ether oxygens (including phenoxy) is 2. The van der Waals surface area contributed by atoms with Crippen molar-refractivity contribution in [3.05, 3.63) is 77.4 Å². The number of carboxylic acid groups (broad SMARTS) is 2. The van der Waals surface area contributed by atoms with Crippen molar-refractivity contribution in [1.29, 1.82) is 0 Å². The van der Waals surface area contributed by atoms with Crippen LogP contribution >= 0.6 is 0 Å². The van der Waals surface area contributed by atoms with Gasteiger partial charge in [0.05, 0.1) is 19.8 Å². The summed E-state index contributed by atoms with van der Waals surface area (Å²) in [5, 5.41) is 14.8. The Kier molecular flexibility index (Phi) is 10.0. The number of aliphatic carboxylic acids is 2. The largest absolute Gasteiger partial charge is 0.473 e. The van der Waals surface area contributed by atoms with Crippen molar-refractivity contribution >= 4 is 23.5 Å². The number of rotatable bonds is 5. The summed E-state index contributed by atoms with van der Waals surface area (Å²) in [6.45, 7) is 3.55. The minimum Gasteiger partial charge on any atom is -0.473 e. The van der Waals surface area contributed by atoms with Gasteiger partial charge in [0.15, 0.2) is 0 Å². The van der Waals surface area contributed by atoms with E-state index in [4.69, 9.17) is 29.3 Å². The van der Waals surface area contributed by atoms with Crippen LogP contribution in [-0.2, 0) is 23.9 Å². The number of likely N-dealkylation sites (tertiary alicyclic amines) is 1. The number of carboxylic acids is 2. The minimum absolute atomic E-state index is 0.0271. The zero-order valence-corrected chi connectivity index (χ0v) is 19.6. The molecule has 0 saturated carbocycles. The first-order valence-corrected chi connectivity index (χ1v) is 11.7. The van der Waals surface area contributed by atoms with Crippen LogP contribution in [0.5, 0.6) is 0 Å². The number of hydrogen-bond acceptors (Lipinski definition) is 6. The molecule has 0 radical (unpaired) electrons. The number of esters is 1. The van der Waals surface area contributed by atoms with Crippen molar-refractivity contribution < 1.29 is 34.1 Å². The van der Waals surface area contributed by atoms with Gasteiger partial charge in [0.1, 0.15) is 6.10 Å². The summed E-state index contributed by atoms with van der Waals surface area (Å²) in [6.07, 6.45) is 3.61. The average Bonchev–Trinajstić information content (AvgIpc) is 2.87. The summed E-state index contributed by atoms with van der Waals surface area (Å²) in [7, 11) is 0. The summed E-state index contributed by atoms with van der Waals surface area (Å²) in [5.41, 5.74) is 5.34. The van der Waals surface area contributed by atoms with E-state index in [0.717, 1.165) is 38.8 Å². The second-order valence-electron chi connectivity index (χ2n) is 8.40. The second kappa shape index (κ2) is 13.4. The number of carbonyl (C=O) groups is 3. The lowest BCUT2D eigenvalue weighted by Crippen LogP contribution is -2.38. The maximum absolute atomic E-state index is 12.3. The third-order valence-electron chi connectivity index (χ3n) is 5.94. The lowest BCUT2D eigenvalue weighted by molar-refractivity contribution is -0.159. The molecule has 0 aromatic heterocycles. The Hall–Kier alpha value is -3.49. The SMILES string of the molecule is O=C(CN1CCC(=C(c2ccccc2)c2ccccc2)CC1)OC1CCOCC1.O=C(O)C(=O)O. The Morgan fingerprint density at radius 2 is 1.31 bits per heavy atom. The molecule has 0 atom stereocenters. The van der Waals surface area contributed by atoms with Gasteiger partial charge in [0.2, 0.25) is 0 Å². The number of piperidine rings is 1. The molecule has 186 valence electrons. The molecule has 2 aromatic carbocycles. The topological polar surface area (TPSA) is 113 Å². The van der Waals surface area contributed by atoms with Gasteiger partial charge in [0, 0.05) is 25.9 Å². The van der Waals surface area contributed by atoms with Gasteiger partial charge in [-0.3, -0.25) is 9.69 Å². The molecule has 0 aliphatic carbocycles. The molecule has 0 amide bonds. The Bertz CT molecular complexity index is 951. The van der Waals surface area contributed by atoms with Crippen LogP contribution in [0.4, 0.5) is 0 Å².